The number of fused-ring (bicyclic) bond motifs is 3. The predicted octanol–water partition coefficient (Wildman–Crippen LogP) is 12.7. The second-order valence-corrected chi connectivity index (χ2v) is 12.8. The molecule has 0 fully saturated rings. The molecule has 50 heavy (non-hydrogen) atoms. The minimum atomic E-state index is 0.372. The van der Waals surface area contributed by atoms with Crippen LogP contribution in [0.1, 0.15) is 17.9 Å². The molecule has 1 heterocycles. The number of benzene rings is 7. The fraction of sp³-hybridized carbons (Fsp3) is 0.0426. The van der Waals surface area contributed by atoms with Gasteiger partial charge in [-0.3, -0.25) is 0 Å². The summed E-state index contributed by atoms with van der Waals surface area (Å²) >= 11 is 0. The fourth-order valence-corrected chi connectivity index (χ4v) is 7.01. The first-order valence-electron chi connectivity index (χ1n) is 17.1. The Morgan fingerprint density at radius 1 is 0.540 bits per heavy atom. The van der Waals surface area contributed by atoms with Crippen molar-refractivity contribution in [1.29, 1.82) is 0 Å². The third-order valence-electron chi connectivity index (χ3n) is 9.65. The van der Waals surface area contributed by atoms with Gasteiger partial charge in [-0.25, -0.2) is 4.98 Å². The lowest BCUT2D eigenvalue weighted by molar-refractivity contribution is 0.623. The Morgan fingerprint density at radius 2 is 1.20 bits per heavy atom. The summed E-state index contributed by atoms with van der Waals surface area (Å²) in [7, 11) is 0. The van der Waals surface area contributed by atoms with E-state index in [0.717, 1.165) is 56.4 Å². The van der Waals surface area contributed by atoms with Gasteiger partial charge in [0, 0.05) is 33.9 Å². The molecule has 238 valence electrons. The molecule has 1 unspecified atom stereocenters. The topological polar surface area (TPSA) is 29.3 Å². The van der Waals surface area contributed by atoms with Crippen molar-refractivity contribution in [1.82, 2.24) is 4.98 Å². The van der Waals surface area contributed by atoms with Gasteiger partial charge in [0.1, 0.15) is 5.52 Å². The van der Waals surface area contributed by atoms with Crippen LogP contribution in [0, 0.1) is 0 Å². The molecule has 7 aromatic carbocycles. The van der Waals surface area contributed by atoms with Crippen LogP contribution in [0.5, 0.6) is 0 Å². The molecule has 1 aliphatic rings. The summed E-state index contributed by atoms with van der Waals surface area (Å²) < 4.78 is 6.30. The van der Waals surface area contributed by atoms with Crippen molar-refractivity contribution in [3.05, 3.63) is 199 Å². The molecule has 3 heteroatoms. The molecule has 0 N–H and O–H groups in total. The predicted molar refractivity (Wildman–Crippen MR) is 207 cm³/mol. The lowest BCUT2D eigenvalue weighted by Gasteiger charge is -2.29. The highest BCUT2D eigenvalue weighted by atomic mass is 16.3. The van der Waals surface area contributed by atoms with E-state index in [-0.39, 0.29) is 0 Å². The first kappa shape index (κ1) is 29.7. The first-order valence-corrected chi connectivity index (χ1v) is 17.1. The van der Waals surface area contributed by atoms with E-state index in [9.17, 15) is 0 Å². The average molecular weight is 643 g/mol. The lowest BCUT2D eigenvalue weighted by Crippen LogP contribution is -2.17. The van der Waals surface area contributed by atoms with E-state index in [1.807, 2.05) is 18.2 Å². The van der Waals surface area contributed by atoms with E-state index in [4.69, 9.17) is 9.40 Å². The second kappa shape index (κ2) is 12.9. The molecule has 0 aliphatic heterocycles. The Labute approximate surface area is 292 Å². The van der Waals surface area contributed by atoms with Crippen molar-refractivity contribution in [2.75, 3.05) is 4.90 Å². The highest BCUT2D eigenvalue weighted by Gasteiger charge is 2.19. The summed E-state index contributed by atoms with van der Waals surface area (Å²) in [4.78, 5) is 7.17. The zero-order valence-corrected chi connectivity index (χ0v) is 27.5. The van der Waals surface area contributed by atoms with Crippen molar-refractivity contribution in [2.24, 2.45) is 0 Å². The summed E-state index contributed by atoms with van der Waals surface area (Å²) in [5.41, 5.74) is 12.1. The molecular weight excluding hydrogens is 609 g/mol. The third kappa shape index (κ3) is 5.69. The maximum atomic E-state index is 6.30. The van der Waals surface area contributed by atoms with Crippen LogP contribution in [-0.2, 0) is 0 Å². The van der Waals surface area contributed by atoms with Gasteiger partial charge in [-0.05, 0) is 88.2 Å². The highest BCUT2D eigenvalue weighted by molar-refractivity contribution is 6.03. The van der Waals surface area contributed by atoms with E-state index in [1.165, 1.54) is 22.4 Å². The normalized spacial score (nSPS) is 14.2. The number of nitrogens with zero attached hydrogens (tertiary/aromatic N) is 2. The molecule has 1 atom stereocenters. The van der Waals surface area contributed by atoms with Crippen LogP contribution in [0.4, 0.5) is 11.4 Å². The minimum absolute atomic E-state index is 0.372. The second-order valence-electron chi connectivity index (χ2n) is 12.8. The minimum Gasteiger partial charge on any atom is -0.435 e. The lowest BCUT2D eigenvalue weighted by atomic mass is 9.91. The SMILES string of the molecule is C1=CC(c2ccccc2)CC=C1N(c1ccc(-c2ccc(-c3nc4ccc5ccccc5c4o3)cc2)cc1)c1cccc(-c2ccccc2)c1. The van der Waals surface area contributed by atoms with Gasteiger partial charge in [-0.15, -0.1) is 0 Å². The standard InChI is InChI=1S/C47H34N2O/c1-3-10-33(11-4-1)36-22-27-41(28-23-36)49(43-16-9-15-40(32-43)34-12-5-2-6-13-34)42-29-24-37(25-30-42)35-18-20-39(21-19-35)47-48-45-31-26-38-14-7-8-17-44(38)46(45)50-47/h1-22,24-32,36H,23H2. The van der Waals surface area contributed by atoms with Crippen LogP contribution in [0.25, 0.3) is 55.6 Å². The molecule has 0 amide bonds. The molecule has 0 spiro atoms. The van der Waals surface area contributed by atoms with Crippen LogP contribution >= 0.6 is 0 Å². The molecule has 9 rings (SSSR count). The van der Waals surface area contributed by atoms with E-state index < -0.39 is 0 Å². The van der Waals surface area contributed by atoms with E-state index >= 15 is 0 Å². The monoisotopic (exact) mass is 642 g/mol. The molecule has 0 radical (unpaired) electrons. The summed E-state index contributed by atoms with van der Waals surface area (Å²) in [6.45, 7) is 0. The van der Waals surface area contributed by atoms with Gasteiger partial charge in [-0.1, -0.05) is 140 Å². The number of aromatic nitrogens is 1. The number of rotatable bonds is 7. The first-order chi connectivity index (χ1) is 24.8. The van der Waals surface area contributed by atoms with Gasteiger partial charge >= 0.3 is 0 Å². The Balaban J connectivity index is 1.02. The Bertz CT molecular complexity index is 2490. The van der Waals surface area contributed by atoms with Crippen LogP contribution < -0.4 is 4.90 Å². The van der Waals surface area contributed by atoms with E-state index in [0.29, 0.717) is 11.8 Å². The van der Waals surface area contributed by atoms with Gasteiger partial charge < -0.3 is 9.32 Å². The quantitative estimate of drug-likeness (QED) is 0.173. The van der Waals surface area contributed by atoms with Gasteiger partial charge in [0.15, 0.2) is 5.58 Å². The maximum Gasteiger partial charge on any atom is 0.227 e. The third-order valence-corrected chi connectivity index (χ3v) is 9.65. The van der Waals surface area contributed by atoms with Crippen LogP contribution in [0.3, 0.4) is 0 Å². The summed E-state index contributed by atoms with van der Waals surface area (Å²) in [5, 5.41) is 2.23. The van der Waals surface area contributed by atoms with Gasteiger partial charge in [0.25, 0.3) is 0 Å². The maximum absolute atomic E-state index is 6.30. The summed E-state index contributed by atoms with van der Waals surface area (Å²) in [6.07, 6.45) is 7.94. The smallest absolute Gasteiger partial charge is 0.227 e. The molecule has 1 aliphatic carbocycles. The number of anilines is 2. The zero-order chi connectivity index (χ0) is 33.3. The molecule has 1 aromatic heterocycles. The number of allylic oxidation sites excluding steroid dienone is 3. The highest BCUT2D eigenvalue weighted by Crippen LogP contribution is 2.38. The number of oxazole rings is 1. The summed E-state index contributed by atoms with van der Waals surface area (Å²) in [5.74, 6) is 1.01. The molecule has 0 saturated heterocycles. The molecule has 0 saturated carbocycles. The van der Waals surface area contributed by atoms with Crippen LogP contribution in [-0.4, -0.2) is 4.98 Å². The van der Waals surface area contributed by atoms with Crippen molar-refractivity contribution in [3.63, 3.8) is 0 Å². The van der Waals surface area contributed by atoms with Crippen LogP contribution in [0.15, 0.2) is 198 Å². The Kier molecular flexibility index (Phi) is 7.64. The largest absolute Gasteiger partial charge is 0.435 e. The van der Waals surface area contributed by atoms with Crippen molar-refractivity contribution < 1.29 is 4.42 Å². The van der Waals surface area contributed by atoms with Crippen molar-refractivity contribution in [2.45, 2.75) is 12.3 Å². The van der Waals surface area contributed by atoms with Gasteiger partial charge in [0.2, 0.25) is 5.89 Å². The van der Waals surface area contributed by atoms with Gasteiger partial charge in [0.05, 0.1) is 0 Å². The van der Waals surface area contributed by atoms with Crippen molar-refractivity contribution in [3.8, 4) is 33.7 Å². The molecule has 3 nitrogen and oxygen atoms in total. The van der Waals surface area contributed by atoms with Gasteiger partial charge in [-0.2, -0.15) is 0 Å². The van der Waals surface area contributed by atoms with E-state index in [1.54, 1.807) is 0 Å². The Morgan fingerprint density at radius 3 is 1.96 bits per heavy atom. The summed E-state index contributed by atoms with van der Waals surface area (Å²) in [6, 6.07) is 59.9. The molecular formula is C47H34N2O. The van der Waals surface area contributed by atoms with Crippen LogP contribution in [0.2, 0.25) is 0 Å². The Hall–Kier alpha value is -6.45. The molecule has 0 bridgehead atoms. The fourth-order valence-electron chi connectivity index (χ4n) is 7.01. The number of hydrogen-bond donors (Lipinski definition) is 0. The van der Waals surface area contributed by atoms with Crippen molar-refractivity contribution >= 4 is 33.2 Å². The van der Waals surface area contributed by atoms with E-state index in [2.05, 4.69) is 175 Å². The molecule has 8 aromatic rings. The zero-order valence-electron chi connectivity index (χ0n) is 27.5. The average Bonchev–Trinajstić information content (AvgIpc) is 3.65. The number of hydrogen-bond acceptors (Lipinski definition) is 3.